The Hall–Kier alpha value is -1.97. The van der Waals surface area contributed by atoms with Gasteiger partial charge in [0.1, 0.15) is 0 Å². The summed E-state index contributed by atoms with van der Waals surface area (Å²) in [5.41, 5.74) is 4.62. The molecule has 98 valence electrons. The third-order valence-corrected chi connectivity index (χ3v) is 3.51. The molecule has 20 heavy (non-hydrogen) atoms. The van der Waals surface area contributed by atoms with Gasteiger partial charge in [-0.2, -0.15) is 0 Å². The smallest absolute Gasteiger partial charge is 0.0796 e. The minimum atomic E-state index is 0.681. The molecule has 0 saturated heterocycles. The van der Waals surface area contributed by atoms with Gasteiger partial charge in [0, 0.05) is 27.2 Å². The molecule has 0 aliphatic carbocycles. The van der Waals surface area contributed by atoms with Gasteiger partial charge >= 0.3 is 0 Å². The van der Waals surface area contributed by atoms with E-state index in [2.05, 4.69) is 10.3 Å². The van der Waals surface area contributed by atoms with Gasteiger partial charge in [-0.1, -0.05) is 54.2 Å². The standard InChI is InChI=1S/C16H11ClN2S/c17-12-6-7-15-14(8-12)16(11-4-2-1-3-5-11)18-9-13(10-20)19-15/h1-10,19H. The van der Waals surface area contributed by atoms with Crippen LogP contribution in [-0.2, 0) is 0 Å². The number of rotatable bonds is 2. The van der Waals surface area contributed by atoms with Crippen LogP contribution in [0.3, 0.4) is 0 Å². The number of fused-ring (bicyclic) bond motifs is 1. The fourth-order valence-electron chi connectivity index (χ4n) is 2.10. The Balaban J connectivity index is 2.22. The maximum Gasteiger partial charge on any atom is 0.0796 e. The van der Waals surface area contributed by atoms with Gasteiger partial charge < -0.3 is 5.32 Å². The Bertz CT molecular complexity index is 721. The summed E-state index contributed by atoms with van der Waals surface area (Å²) in [4.78, 5) is 4.56. The largest absolute Gasteiger partial charge is 0.353 e. The quantitative estimate of drug-likeness (QED) is 0.829. The van der Waals surface area contributed by atoms with E-state index in [-0.39, 0.29) is 0 Å². The van der Waals surface area contributed by atoms with E-state index < -0.39 is 0 Å². The van der Waals surface area contributed by atoms with Crippen molar-refractivity contribution < 1.29 is 0 Å². The van der Waals surface area contributed by atoms with Crippen molar-refractivity contribution in [3.05, 3.63) is 76.6 Å². The van der Waals surface area contributed by atoms with Crippen LogP contribution in [0.25, 0.3) is 0 Å². The molecule has 1 heterocycles. The van der Waals surface area contributed by atoms with E-state index >= 15 is 0 Å². The number of allylic oxidation sites excluding steroid dienone is 1. The van der Waals surface area contributed by atoms with Crippen molar-refractivity contribution in [2.24, 2.45) is 4.99 Å². The van der Waals surface area contributed by atoms with Crippen molar-refractivity contribution in [3.63, 3.8) is 0 Å². The highest BCUT2D eigenvalue weighted by Crippen LogP contribution is 2.27. The van der Waals surface area contributed by atoms with E-state index in [1.165, 1.54) is 0 Å². The molecule has 4 heteroatoms. The molecule has 0 spiro atoms. The summed E-state index contributed by atoms with van der Waals surface area (Å²) in [5, 5.41) is 5.52. The van der Waals surface area contributed by atoms with Gasteiger partial charge in [0.25, 0.3) is 0 Å². The summed E-state index contributed by atoms with van der Waals surface area (Å²) < 4.78 is 0. The molecular weight excluding hydrogens is 288 g/mol. The lowest BCUT2D eigenvalue weighted by molar-refractivity contribution is 1.49. The Kier molecular flexibility index (Phi) is 3.63. The minimum absolute atomic E-state index is 0.681. The Morgan fingerprint density at radius 3 is 2.65 bits per heavy atom. The number of anilines is 1. The monoisotopic (exact) mass is 298 g/mol. The average Bonchev–Trinajstić information content (AvgIpc) is 2.67. The number of aliphatic imine (C=N–C) groups is 1. The van der Waals surface area contributed by atoms with E-state index in [9.17, 15) is 0 Å². The molecule has 0 aromatic heterocycles. The first-order chi connectivity index (χ1) is 9.78. The maximum atomic E-state index is 6.12. The van der Waals surface area contributed by atoms with E-state index in [0.29, 0.717) is 5.02 Å². The molecule has 0 radical (unpaired) electrons. The highest BCUT2D eigenvalue weighted by atomic mass is 35.5. The SMILES string of the molecule is S=CC1=CN=C(c2ccccc2)c2cc(Cl)ccc2N1. The zero-order valence-electron chi connectivity index (χ0n) is 10.5. The van der Waals surface area contributed by atoms with Gasteiger partial charge in [0.15, 0.2) is 0 Å². The summed E-state index contributed by atoms with van der Waals surface area (Å²) >= 11 is 11.1. The van der Waals surface area contributed by atoms with E-state index in [1.807, 2.05) is 48.5 Å². The maximum absolute atomic E-state index is 6.12. The number of hydrogen-bond acceptors (Lipinski definition) is 3. The van der Waals surface area contributed by atoms with Crippen LogP contribution in [0.15, 0.2) is 65.4 Å². The van der Waals surface area contributed by atoms with Crippen LogP contribution >= 0.6 is 23.8 Å². The molecule has 0 amide bonds. The lowest BCUT2D eigenvalue weighted by Gasteiger charge is -2.11. The van der Waals surface area contributed by atoms with Gasteiger partial charge in [-0.05, 0) is 18.2 Å². The van der Waals surface area contributed by atoms with Crippen LogP contribution in [0.5, 0.6) is 0 Å². The summed E-state index contributed by atoms with van der Waals surface area (Å²) in [6.07, 6.45) is 1.74. The normalized spacial score (nSPS) is 13.4. The molecule has 0 fully saturated rings. The van der Waals surface area contributed by atoms with Crippen LogP contribution in [0.4, 0.5) is 5.69 Å². The molecule has 2 aromatic rings. The molecule has 2 nitrogen and oxygen atoms in total. The van der Waals surface area contributed by atoms with Crippen LogP contribution in [-0.4, -0.2) is 11.1 Å². The first-order valence-corrected chi connectivity index (χ1v) is 6.98. The summed E-state index contributed by atoms with van der Waals surface area (Å²) in [6.45, 7) is 0. The van der Waals surface area contributed by atoms with Crippen molar-refractivity contribution in [1.29, 1.82) is 0 Å². The van der Waals surface area contributed by atoms with Gasteiger partial charge in [-0.15, -0.1) is 0 Å². The zero-order chi connectivity index (χ0) is 13.9. The molecule has 0 bridgehead atoms. The molecule has 0 unspecified atom stereocenters. The van der Waals surface area contributed by atoms with Crippen LogP contribution in [0.2, 0.25) is 5.02 Å². The summed E-state index contributed by atoms with van der Waals surface area (Å²) in [5.74, 6) is 0. The number of benzene rings is 2. The van der Waals surface area contributed by atoms with Crippen LogP contribution in [0.1, 0.15) is 11.1 Å². The van der Waals surface area contributed by atoms with E-state index in [4.69, 9.17) is 23.8 Å². The molecule has 1 aliphatic rings. The topological polar surface area (TPSA) is 24.4 Å². The number of halogens is 1. The fourth-order valence-corrected chi connectivity index (χ4v) is 2.39. The van der Waals surface area contributed by atoms with Gasteiger partial charge in [-0.3, -0.25) is 4.99 Å². The van der Waals surface area contributed by atoms with E-state index in [1.54, 1.807) is 11.6 Å². The second-order valence-corrected chi connectivity index (χ2v) is 5.03. The zero-order valence-corrected chi connectivity index (χ0v) is 12.1. The molecular formula is C16H11ClN2S. The van der Waals surface area contributed by atoms with Gasteiger partial charge in [0.05, 0.1) is 17.6 Å². The molecule has 2 aromatic carbocycles. The molecule has 1 aliphatic heterocycles. The Morgan fingerprint density at radius 2 is 1.90 bits per heavy atom. The van der Waals surface area contributed by atoms with Crippen molar-refractivity contribution in [3.8, 4) is 0 Å². The average molecular weight is 299 g/mol. The third kappa shape index (κ3) is 2.50. The van der Waals surface area contributed by atoms with E-state index in [0.717, 1.165) is 28.2 Å². The van der Waals surface area contributed by atoms with Crippen molar-refractivity contribution in [2.45, 2.75) is 0 Å². The van der Waals surface area contributed by atoms with Gasteiger partial charge in [0.2, 0.25) is 0 Å². The third-order valence-electron chi connectivity index (χ3n) is 3.02. The van der Waals surface area contributed by atoms with Crippen LogP contribution < -0.4 is 5.32 Å². The van der Waals surface area contributed by atoms with Crippen molar-refractivity contribution in [2.75, 3.05) is 5.32 Å². The lowest BCUT2D eigenvalue weighted by atomic mass is 10.0. The van der Waals surface area contributed by atoms with Gasteiger partial charge in [-0.25, -0.2) is 0 Å². The Labute approximate surface area is 127 Å². The predicted molar refractivity (Wildman–Crippen MR) is 88.9 cm³/mol. The first-order valence-electron chi connectivity index (χ1n) is 6.13. The second-order valence-electron chi connectivity index (χ2n) is 4.36. The minimum Gasteiger partial charge on any atom is -0.353 e. The summed E-state index contributed by atoms with van der Waals surface area (Å²) in [7, 11) is 0. The summed E-state index contributed by atoms with van der Waals surface area (Å²) in [6, 6.07) is 15.7. The molecule has 0 atom stereocenters. The predicted octanol–water partition coefficient (Wildman–Crippen LogP) is 4.44. The highest BCUT2D eigenvalue weighted by molar-refractivity contribution is 7.79. The number of thiocarbonyl (C=S) groups is 1. The molecule has 0 saturated carbocycles. The fraction of sp³-hybridized carbons (Fsp3) is 0. The van der Waals surface area contributed by atoms with Crippen molar-refractivity contribution >= 4 is 40.6 Å². The van der Waals surface area contributed by atoms with Crippen molar-refractivity contribution in [1.82, 2.24) is 0 Å². The molecule has 3 rings (SSSR count). The Morgan fingerprint density at radius 1 is 1.10 bits per heavy atom. The number of hydrogen-bond donors (Lipinski definition) is 1. The highest BCUT2D eigenvalue weighted by Gasteiger charge is 2.15. The number of nitrogens with zero attached hydrogens (tertiary/aromatic N) is 1. The first kappa shape index (κ1) is 13.0. The van der Waals surface area contributed by atoms with Crippen LogP contribution in [0, 0.1) is 0 Å². The molecule has 1 N–H and O–H groups in total. The second kappa shape index (κ2) is 5.57. The lowest BCUT2D eigenvalue weighted by Crippen LogP contribution is -2.06. The number of nitrogens with one attached hydrogen (secondary N) is 1.